The molecule has 0 aromatic carbocycles. The van der Waals surface area contributed by atoms with Crippen molar-refractivity contribution in [3.8, 4) is 0 Å². The van der Waals surface area contributed by atoms with E-state index in [1.807, 2.05) is 0 Å². The number of carbonyl (C=O) groups is 1. The molecule has 0 aromatic heterocycles. The van der Waals surface area contributed by atoms with E-state index in [0.717, 1.165) is 19.3 Å². The standard InChI is InChI=1S/C10H17NO4/c1-2-15-10(12)8-6-4-3-5-7-9-11(13)14/h6,8H,2-5,7,9H2,1H3/b8-6-. The second-order valence-electron chi connectivity index (χ2n) is 3.06. The summed E-state index contributed by atoms with van der Waals surface area (Å²) in [5.74, 6) is -0.331. The van der Waals surface area contributed by atoms with Gasteiger partial charge in [0, 0.05) is 17.4 Å². The van der Waals surface area contributed by atoms with Gasteiger partial charge in [-0.2, -0.15) is 0 Å². The van der Waals surface area contributed by atoms with Crippen molar-refractivity contribution in [1.29, 1.82) is 0 Å². The van der Waals surface area contributed by atoms with Gasteiger partial charge in [0.2, 0.25) is 6.54 Å². The quantitative estimate of drug-likeness (QED) is 0.204. The number of nitro groups is 1. The Kier molecular flexibility index (Phi) is 8.33. The minimum atomic E-state index is -0.331. The smallest absolute Gasteiger partial charge is 0.330 e. The first-order valence-electron chi connectivity index (χ1n) is 5.12. The molecule has 0 aliphatic heterocycles. The lowest BCUT2D eigenvalue weighted by Crippen LogP contribution is -2.00. The molecule has 0 spiro atoms. The molecular weight excluding hydrogens is 198 g/mol. The first-order valence-corrected chi connectivity index (χ1v) is 5.12. The molecule has 0 aliphatic carbocycles. The number of rotatable bonds is 8. The summed E-state index contributed by atoms with van der Waals surface area (Å²) in [6, 6.07) is 0. The maximum absolute atomic E-state index is 10.8. The predicted molar refractivity (Wildman–Crippen MR) is 56.1 cm³/mol. The normalized spacial score (nSPS) is 10.5. The van der Waals surface area contributed by atoms with Crippen LogP contribution in [0.1, 0.15) is 32.6 Å². The summed E-state index contributed by atoms with van der Waals surface area (Å²) in [6.07, 6.45) is 6.18. The van der Waals surface area contributed by atoms with Crippen molar-refractivity contribution in [2.75, 3.05) is 13.2 Å². The van der Waals surface area contributed by atoms with Crippen LogP contribution < -0.4 is 0 Å². The van der Waals surface area contributed by atoms with Crippen LogP contribution in [0.25, 0.3) is 0 Å². The molecule has 0 N–H and O–H groups in total. The van der Waals surface area contributed by atoms with Gasteiger partial charge in [0.05, 0.1) is 6.61 Å². The zero-order chi connectivity index (χ0) is 11.5. The molecule has 15 heavy (non-hydrogen) atoms. The summed E-state index contributed by atoms with van der Waals surface area (Å²) in [7, 11) is 0. The van der Waals surface area contributed by atoms with Gasteiger partial charge in [-0.25, -0.2) is 4.79 Å². The zero-order valence-corrected chi connectivity index (χ0v) is 8.98. The Balaban J connectivity index is 3.30. The number of carbonyl (C=O) groups excluding carboxylic acids is 1. The lowest BCUT2D eigenvalue weighted by molar-refractivity contribution is -0.480. The molecule has 0 unspecified atom stereocenters. The van der Waals surface area contributed by atoms with Gasteiger partial charge in [0.25, 0.3) is 0 Å². The van der Waals surface area contributed by atoms with Gasteiger partial charge in [-0.15, -0.1) is 0 Å². The molecule has 0 aliphatic rings. The topological polar surface area (TPSA) is 69.4 Å². The van der Waals surface area contributed by atoms with Crippen molar-refractivity contribution in [2.24, 2.45) is 0 Å². The van der Waals surface area contributed by atoms with Crippen LogP contribution in [-0.4, -0.2) is 24.0 Å². The number of esters is 1. The molecule has 86 valence electrons. The van der Waals surface area contributed by atoms with Crippen LogP contribution in [0, 0.1) is 10.1 Å². The fourth-order valence-electron chi connectivity index (χ4n) is 1.05. The molecule has 5 heteroatoms. The van der Waals surface area contributed by atoms with Gasteiger partial charge in [0.1, 0.15) is 0 Å². The molecule has 0 saturated heterocycles. The Morgan fingerprint density at radius 1 is 1.40 bits per heavy atom. The van der Waals surface area contributed by atoms with Gasteiger partial charge in [0.15, 0.2) is 0 Å². The van der Waals surface area contributed by atoms with E-state index in [9.17, 15) is 14.9 Å². The fraction of sp³-hybridized carbons (Fsp3) is 0.700. The van der Waals surface area contributed by atoms with Gasteiger partial charge in [-0.05, 0) is 26.2 Å². The predicted octanol–water partition coefficient (Wildman–Crippen LogP) is 1.94. The Bertz CT molecular complexity index is 225. The molecular formula is C10H17NO4. The van der Waals surface area contributed by atoms with Crippen LogP contribution in [-0.2, 0) is 9.53 Å². The number of unbranched alkanes of at least 4 members (excludes halogenated alkanes) is 3. The first-order chi connectivity index (χ1) is 7.16. The van der Waals surface area contributed by atoms with Crippen LogP contribution >= 0.6 is 0 Å². The van der Waals surface area contributed by atoms with E-state index in [4.69, 9.17) is 0 Å². The maximum atomic E-state index is 10.8. The van der Waals surface area contributed by atoms with Gasteiger partial charge >= 0.3 is 5.97 Å². The van der Waals surface area contributed by atoms with Crippen molar-refractivity contribution < 1.29 is 14.5 Å². The molecule has 0 aromatic rings. The molecule has 0 atom stereocenters. The third-order valence-electron chi connectivity index (χ3n) is 1.75. The van der Waals surface area contributed by atoms with E-state index in [1.165, 1.54) is 6.08 Å². The van der Waals surface area contributed by atoms with Crippen LogP contribution in [0.2, 0.25) is 0 Å². The highest BCUT2D eigenvalue weighted by molar-refractivity contribution is 5.81. The highest BCUT2D eigenvalue weighted by Gasteiger charge is 1.96. The van der Waals surface area contributed by atoms with Crippen molar-refractivity contribution in [1.82, 2.24) is 0 Å². The van der Waals surface area contributed by atoms with Gasteiger partial charge in [-0.3, -0.25) is 10.1 Å². The van der Waals surface area contributed by atoms with Crippen molar-refractivity contribution in [3.63, 3.8) is 0 Å². The van der Waals surface area contributed by atoms with E-state index >= 15 is 0 Å². The minimum absolute atomic E-state index is 0.0294. The molecule has 0 radical (unpaired) electrons. The van der Waals surface area contributed by atoms with Crippen molar-refractivity contribution in [2.45, 2.75) is 32.6 Å². The number of hydrogen-bond acceptors (Lipinski definition) is 4. The van der Waals surface area contributed by atoms with E-state index in [-0.39, 0.29) is 17.4 Å². The highest BCUT2D eigenvalue weighted by Crippen LogP contribution is 2.00. The van der Waals surface area contributed by atoms with Gasteiger partial charge < -0.3 is 4.74 Å². The second kappa shape index (κ2) is 9.18. The Morgan fingerprint density at radius 3 is 2.73 bits per heavy atom. The molecule has 0 amide bonds. The first kappa shape index (κ1) is 13.6. The molecule has 0 saturated carbocycles. The lowest BCUT2D eigenvalue weighted by Gasteiger charge is -1.95. The third-order valence-corrected chi connectivity index (χ3v) is 1.75. The number of nitrogens with zero attached hydrogens (tertiary/aromatic N) is 1. The van der Waals surface area contributed by atoms with Crippen molar-refractivity contribution >= 4 is 5.97 Å². The van der Waals surface area contributed by atoms with E-state index in [1.54, 1.807) is 13.0 Å². The summed E-state index contributed by atoms with van der Waals surface area (Å²) in [6.45, 7) is 2.16. The van der Waals surface area contributed by atoms with E-state index in [2.05, 4.69) is 4.74 Å². The number of hydrogen-bond donors (Lipinski definition) is 0. The molecule has 0 fully saturated rings. The second-order valence-corrected chi connectivity index (χ2v) is 3.06. The summed E-state index contributed by atoms with van der Waals surface area (Å²) >= 11 is 0. The van der Waals surface area contributed by atoms with Crippen molar-refractivity contribution in [3.05, 3.63) is 22.3 Å². The molecule has 0 bridgehead atoms. The highest BCUT2D eigenvalue weighted by atomic mass is 16.6. The minimum Gasteiger partial charge on any atom is -0.463 e. The SMILES string of the molecule is CCOC(=O)/C=C\CCCCC[N+](=O)[O-]. The van der Waals surface area contributed by atoms with Crippen LogP contribution in [0.3, 0.4) is 0 Å². The lowest BCUT2D eigenvalue weighted by atomic mass is 10.2. The third kappa shape index (κ3) is 10.5. The van der Waals surface area contributed by atoms with Crippen LogP contribution in [0.4, 0.5) is 0 Å². The van der Waals surface area contributed by atoms with E-state index in [0.29, 0.717) is 13.0 Å². The summed E-state index contributed by atoms with van der Waals surface area (Å²) in [4.78, 5) is 20.5. The maximum Gasteiger partial charge on any atom is 0.330 e. The Morgan fingerprint density at radius 2 is 2.13 bits per heavy atom. The molecule has 0 rings (SSSR count). The number of allylic oxidation sites excluding steroid dienone is 1. The zero-order valence-electron chi connectivity index (χ0n) is 8.98. The summed E-state index contributed by atoms with van der Waals surface area (Å²) in [5, 5.41) is 9.98. The Labute approximate surface area is 89.3 Å². The largest absolute Gasteiger partial charge is 0.463 e. The fourth-order valence-corrected chi connectivity index (χ4v) is 1.05. The summed E-state index contributed by atoms with van der Waals surface area (Å²) in [5.41, 5.74) is 0. The van der Waals surface area contributed by atoms with Crippen LogP contribution in [0.15, 0.2) is 12.2 Å². The monoisotopic (exact) mass is 215 g/mol. The summed E-state index contributed by atoms with van der Waals surface area (Å²) < 4.78 is 4.69. The Hall–Kier alpha value is -1.39. The number of ether oxygens (including phenoxy) is 1. The van der Waals surface area contributed by atoms with E-state index < -0.39 is 0 Å². The van der Waals surface area contributed by atoms with Gasteiger partial charge in [-0.1, -0.05) is 6.08 Å². The van der Waals surface area contributed by atoms with Crippen LogP contribution in [0.5, 0.6) is 0 Å². The molecule has 5 nitrogen and oxygen atoms in total. The average Bonchev–Trinajstić information content (AvgIpc) is 2.16. The molecule has 0 heterocycles. The average molecular weight is 215 g/mol.